The van der Waals surface area contributed by atoms with E-state index in [1.807, 2.05) is 0 Å². The molecule has 1 N–H and O–H groups in total. The minimum atomic E-state index is -1.50. The van der Waals surface area contributed by atoms with E-state index in [1.54, 1.807) is 0 Å². The molecular formula is C5H9N3O3. The van der Waals surface area contributed by atoms with E-state index >= 15 is 0 Å². The second kappa shape index (κ2) is 3.80. The van der Waals surface area contributed by atoms with Gasteiger partial charge in [0.25, 0.3) is 0 Å². The Labute approximate surface area is 63.4 Å². The monoisotopic (exact) mass is 159 g/mol. The summed E-state index contributed by atoms with van der Waals surface area (Å²) in [6.45, 7) is 0.724. The van der Waals surface area contributed by atoms with Crippen LogP contribution in [0.15, 0.2) is 5.11 Å². The Morgan fingerprint density at radius 3 is 2.73 bits per heavy atom. The van der Waals surface area contributed by atoms with Crippen molar-refractivity contribution in [3.8, 4) is 0 Å². The first kappa shape index (κ1) is 9.74. The number of azide groups is 1. The lowest BCUT2D eigenvalue weighted by molar-refractivity contribution is -0.147. The molecule has 0 unspecified atom stereocenters. The van der Waals surface area contributed by atoms with Gasteiger partial charge in [0.05, 0.1) is 13.7 Å². The van der Waals surface area contributed by atoms with Gasteiger partial charge >= 0.3 is 5.97 Å². The molecule has 0 aromatic heterocycles. The first-order chi connectivity index (χ1) is 5.10. The molecule has 0 aliphatic heterocycles. The summed E-state index contributed by atoms with van der Waals surface area (Å²) in [7, 11) is 1.16. The van der Waals surface area contributed by atoms with E-state index in [0.717, 1.165) is 7.11 Å². The van der Waals surface area contributed by atoms with Crippen molar-refractivity contribution in [2.24, 2.45) is 5.11 Å². The van der Waals surface area contributed by atoms with Crippen molar-refractivity contribution >= 4 is 5.97 Å². The molecule has 6 nitrogen and oxygen atoms in total. The van der Waals surface area contributed by atoms with Crippen molar-refractivity contribution < 1.29 is 14.6 Å². The summed E-state index contributed by atoms with van der Waals surface area (Å²) >= 11 is 0. The van der Waals surface area contributed by atoms with Gasteiger partial charge in [0.1, 0.15) is 0 Å². The number of hydrogen-bond acceptors (Lipinski definition) is 4. The molecule has 0 rings (SSSR count). The Kier molecular flexibility index (Phi) is 3.36. The van der Waals surface area contributed by atoms with Gasteiger partial charge in [-0.15, -0.1) is 0 Å². The lowest BCUT2D eigenvalue weighted by atomic mass is 10.1. The van der Waals surface area contributed by atoms with E-state index in [4.69, 9.17) is 10.6 Å². The van der Waals surface area contributed by atoms with Crippen LogP contribution >= 0.6 is 0 Å². The van der Waals surface area contributed by atoms with E-state index in [1.165, 1.54) is 6.92 Å². The van der Waals surface area contributed by atoms with Crippen LogP contribution in [0.1, 0.15) is 6.92 Å². The van der Waals surface area contributed by atoms with Crippen LogP contribution in [-0.4, -0.2) is 30.3 Å². The van der Waals surface area contributed by atoms with Gasteiger partial charge in [-0.1, -0.05) is 5.11 Å². The first-order valence-corrected chi connectivity index (χ1v) is 2.86. The van der Waals surface area contributed by atoms with Gasteiger partial charge in [-0.05, 0) is 12.5 Å². The van der Waals surface area contributed by atoms with E-state index in [9.17, 15) is 4.79 Å². The molecule has 0 amide bonds. The number of carbonyl (C=O) groups excluding carboxylic acids is 1. The summed E-state index contributed by atoms with van der Waals surface area (Å²) in [6.07, 6.45) is 0. The zero-order valence-electron chi connectivity index (χ0n) is 6.31. The molecule has 0 spiro atoms. The lowest BCUT2D eigenvalue weighted by Crippen LogP contribution is -2.37. The van der Waals surface area contributed by atoms with E-state index in [2.05, 4.69) is 14.8 Å². The molecule has 11 heavy (non-hydrogen) atoms. The molecule has 0 saturated heterocycles. The summed E-state index contributed by atoms with van der Waals surface area (Å²) in [4.78, 5) is 13.2. The third-order valence-electron chi connectivity index (χ3n) is 1.20. The van der Waals surface area contributed by atoms with Crippen LogP contribution in [0, 0.1) is 0 Å². The van der Waals surface area contributed by atoms with Crippen molar-refractivity contribution in [1.29, 1.82) is 0 Å². The lowest BCUT2D eigenvalue weighted by Gasteiger charge is -2.16. The summed E-state index contributed by atoms with van der Waals surface area (Å²) in [5.74, 6) is -0.752. The number of esters is 1. The van der Waals surface area contributed by atoms with Crippen molar-refractivity contribution in [1.82, 2.24) is 0 Å². The standard InChI is InChI=1S/C5H9N3O3/c1-5(3-9,7-8-6)4(10)11-2/h9H,3H2,1-2H3/t5-/m1/s1. The van der Waals surface area contributed by atoms with E-state index in [0.29, 0.717) is 0 Å². The Bertz CT molecular complexity index is 199. The number of methoxy groups -OCH3 is 1. The molecule has 0 aromatic rings. The summed E-state index contributed by atoms with van der Waals surface area (Å²) in [5, 5.41) is 11.8. The fourth-order valence-corrected chi connectivity index (χ4v) is 0.456. The number of hydrogen-bond donors (Lipinski definition) is 1. The predicted molar refractivity (Wildman–Crippen MR) is 36.7 cm³/mol. The maximum absolute atomic E-state index is 10.8. The summed E-state index contributed by atoms with van der Waals surface area (Å²) < 4.78 is 4.30. The van der Waals surface area contributed by atoms with Crippen LogP contribution in [0.5, 0.6) is 0 Å². The SMILES string of the molecule is COC(=O)[C@@](C)(CO)N=[N+]=[N-]. The minimum absolute atomic E-state index is 0.566. The number of ether oxygens (including phenoxy) is 1. The molecule has 1 atom stereocenters. The highest BCUT2D eigenvalue weighted by Gasteiger charge is 2.32. The Balaban J connectivity index is 4.58. The van der Waals surface area contributed by atoms with E-state index in [-0.39, 0.29) is 0 Å². The average Bonchev–Trinajstić information content (AvgIpc) is 2.03. The van der Waals surface area contributed by atoms with Gasteiger partial charge in [0.2, 0.25) is 0 Å². The highest BCUT2D eigenvalue weighted by Crippen LogP contribution is 2.10. The number of aliphatic hydroxyl groups is 1. The van der Waals surface area contributed by atoms with Crippen molar-refractivity contribution in [2.75, 3.05) is 13.7 Å². The molecule has 62 valence electrons. The molecule has 6 heteroatoms. The van der Waals surface area contributed by atoms with Gasteiger partial charge in [0.15, 0.2) is 5.54 Å². The second-order valence-electron chi connectivity index (χ2n) is 2.11. The third-order valence-corrected chi connectivity index (χ3v) is 1.20. The molecule has 0 aromatic carbocycles. The molecule has 0 saturated carbocycles. The molecule has 0 fully saturated rings. The average molecular weight is 159 g/mol. The van der Waals surface area contributed by atoms with Crippen LogP contribution in [-0.2, 0) is 9.53 Å². The van der Waals surface area contributed by atoms with Crippen LogP contribution < -0.4 is 0 Å². The maximum Gasteiger partial charge on any atom is 0.319 e. The number of nitrogens with zero attached hydrogens (tertiary/aromatic N) is 3. The fourth-order valence-electron chi connectivity index (χ4n) is 0.456. The van der Waals surface area contributed by atoms with Gasteiger partial charge in [-0.2, -0.15) is 0 Å². The third kappa shape index (κ3) is 2.10. The Morgan fingerprint density at radius 2 is 2.45 bits per heavy atom. The summed E-state index contributed by atoms with van der Waals surface area (Å²) in [5.41, 5.74) is 6.52. The highest BCUT2D eigenvalue weighted by molar-refractivity contribution is 5.80. The number of aliphatic hydroxyl groups excluding tert-OH is 1. The Hall–Kier alpha value is -1.26. The first-order valence-electron chi connectivity index (χ1n) is 2.86. The number of carbonyl (C=O) groups is 1. The van der Waals surface area contributed by atoms with Crippen LogP contribution in [0.3, 0.4) is 0 Å². The molecule has 0 aliphatic rings. The highest BCUT2D eigenvalue weighted by atomic mass is 16.5. The van der Waals surface area contributed by atoms with Crippen molar-refractivity contribution in [2.45, 2.75) is 12.5 Å². The quantitative estimate of drug-likeness (QED) is 0.276. The predicted octanol–water partition coefficient (Wildman–Crippen LogP) is 0.221. The zero-order valence-corrected chi connectivity index (χ0v) is 6.31. The summed E-state index contributed by atoms with van der Waals surface area (Å²) in [6, 6.07) is 0. The normalized spacial score (nSPS) is 14.5. The molecule has 0 radical (unpaired) electrons. The largest absolute Gasteiger partial charge is 0.468 e. The van der Waals surface area contributed by atoms with E-state index < -0.39 is 18.1 Å². The van der Waals surface area contributed by atoms with Gasteiger partial charge in [-0.25, -0.2) is 0 Å². The zero-order chi connectivity index (χ0) is 8.91. The fraction of sp³-hybridized carbons (Fsp3) is 0.800. The Morgan fingerprint density at radius 1 is 1.91 bits per heavy atom. The van der Waals surface area contributed by atoms with Crippen LogP contribution in [0.4, 0.5) is 0 Å². The minimum Gasteiger partial charge on any atom is -0.468 e. The van der Waals surface area contributed by atoms with Crippen molar-refractivity contribution in [3.63, 3.8) is 0 Å². The molecular weight excluding hydrogens is 150 g/mol. The molecule has 0 heterocycles. The van der Waals surface area contributed by atoms with Gasteiger partial charge in [-0.3, -0.25) is 4.79 Å². The molecule has 0 bridgehead atoms. The van der Waals surface area contributed by atoms with Crippen LogP contribution in [0.2, 0.25) is 0 Å². The molecule has 0 aliphatic carbocycles. The maximum atomic E-state index is 10.8. The van der Waals surface area contributed by atoms with Crippen LogP contribution in [0.25, 0.3) is 10.4 Å². The second-order valence-corrected chi connectivity index (χ2v) is 2.11. The smallest absolute Gasteiger partial charge is 0.319 e. The topological polar surface area (TPSA) is 95.3 Å². The van der Waals surface area contributed by atoms with Gasteiger partial charge in [0, 0.05) is 4.91 Å². The number of rotatable bonds is 3. The van der Waals surface area contributed by atoms with Gasteiger partial charge < -0.3 is 9.84 Å². The van der Waals surface area contributed by atoms with Crippen molar-refractivity contribution in [3.05, 3.63) is 10.4 Å².